The maximum Gasteiger partial charge on any atom is 0.271 e. The minimum absolute atomic E-state index is 0.0133. The second-order valence-corrected chi connectivity index (χ2v) is 7.66. The summed E-state index contributed by atoms with van der Waals surface area (Å²) in [6.45, 7) is 6.04. The van der Waals surface area contributed by atoms with Crippen LogP contribution >= 0.6 is 11.8 Å². The zero-order valence-electron chi connectivity index (χ0n) is 14.9. The van der Waals surface area contributed by atoms with Crippen LogP contribution in [0.3, 0.4) is 0 Å². The van der Waals surface area contributed by atoms with Gasteiger partial charge in [-0.3, -0.25) is 4.79 Å². The predicted molar refractivity (Wildman–Crippen MR) is 97.1 cm³/mol. The lowest BCUT2D eigenvalue weighted by atomic mass is 9.86. The fraction of sp³-hybridized carbons (Fsp3) is 0.625. The summed E-state index contributed by atoms with van der Waals surface area (Å²) in [5.74, 6) is 7.35. The van der Waals surface area contributed by atoms with Crippen molar-refractivity contribution in [3.8, 4) is 5.95 Å². The third-order valence-corrected chi connectivity index (χ3v) is 5.58. The molecule has 1 amide bonds. The van der Waals surface area contributed by atoms with Gasteiger partial charge in [-0.2, -0.15) is 5.10 Å². The van der Waals surface area contributed by atoms with E-state index in [2.05, 4.69) is 27.5 Å². The standard InChI is InChI=1S/C16H25N7OS/c1-10-6-4-5-7-13(10)18-14(24)9-25-16-20-19-15(22(16)17)23-12(3)8-11(2)21-23/h8,10,13H,4-7,9,17H2,1-3H3,(H,18,24)/t10-,13+/m1/s1. The van der Waals surface area contributed by atoms with Crippen LogP contribution in [-0.2, 0) is 4.79 Å². The van der Waals surface area contributed by atoms with Gasteiger partial charge in [-0.1, -0.05) is 31.5 Å². The van der Waals surface area contributed by atoms with Crippen molar-refractivity contribution in [2.75, 3.05) is 11.6 Å². The highest BCUT2D eigenvalue weighted by Crippen LogP contribution is 2.24. The maximum absolute atomic E-state index is 12.2. The highest BCUT2D eigenvalue weighted by Gasteiger charge is 2.23. The van der Waals surface area contributed by atoms with Gasteiger partial charge in [0.2, 0.25) is 11.1 Å². The maximum atomic E-state index is 12.2. The first-order valence-corrected chi connectivity index (χ1v) is 9.60. The summed E-state index contributed by atoms with van der Waals surface area (Å²) in [6.07, 6.45) is 4.69. The molecule has 0 unspecified atom stereocenters. The van der Waals surface area contributed by atoms with Gasteiger partial charge < -0.3 is 11.2 Å². The highest BCUT2D eigenvalue weighted by molar-refractivity contribution is 7.99. The predicted octanol–water partition coefficient (Wildman–Crippen LogP) is 1.58. The number of hydrogen-bond donors (Lipinski definition) is 2. The van der Waals surface area contributed by atoms with Crippen LogP contribution in [0.1, 0.15) is 44.0 Å². The molecule has 2 atom stereocenters. The zero-order valence-corrected chi connectivity index (χ0v) is 15.7. The van der Waals surface area contributed by atoms with E-state index in [1.165, 1.54) is 35.7 Å². The summed E-state index contributed by atoms with van der Waals surface area (Å²) in [6, 6.07) is 2.23. The Hall–Kier alpha value is -2.03. The lowest BCUT2D eigenvalue weighted by Crippen LogP contribution is -2.41. The number of carbonyl (C=O) groups is 1. The summed E-state index contributed by atoms with van der Waals surface area (Å²) >= 11 is 1.28. The Kier molecular flexibility index (Phi) is 5.31. The smallest absolute Gasteiger partial charge is 0.271 e. The van der Waals surface area contributed by atoms with Gasteiger partial charge in [-0.05, 0) is 38.7 Å². The molecular formula is C16H25N7OS. The minimum Gasteiger partial charge on any atom is -0.352 e. The van der Waals surface area contributed by atoms with E-state index in [0.717, 1.165) is 17.8 Å². The number of nitrogens with two attached hydrogens (primary N) is 1. The molecule has 0 aromatic carbocycles. The molecule has 136 valence electrons. The van der Waals surface area contributed by atoms with Crippen LogP contribution in [0, 0.1) is 19.8 Å². The molecule has 3 rings (SSSR count). The molecule has 9 heteroatoms. The Labute approximate surface area is 151 Å². The molecule has 1 aliphatic rings. The van der Waals surface area contributed by atoms with Crippen LogP contribution in [0.25, 0.3) is 5.95 Å². The van der Waals surface area contributed by atoms with Crippen molar-refractivity contribution in [1.82, 2.24) is 30.0 Å². The van der Waals surface area contributed by atoms with Crippen molar-refractivity contribution in [3.63, 3.8) is 0 Å². The van der Waals surface area contributed by atoms with Gasteiger partial charge in [0.05, 0.1) is 11.4 Å². The first kappa shape index (κ1) is 17.8. The van der Waals surface area contributed by atoms with Gasteiger partial charge in [-0.15, -0.1) is 10.2 Å². The van der Waals surface area contributed by atoms with Crippen LogP contribution in [0.2, 0.25) is 0 Å². The van der Waals surface area contributed by atoms with Gasteiger partial charge >= 0.3 is 0 Å². The molecule has 8 nitrogen and oxygen atoms in total. The summed E-state index contributed by atoms with van der Waals surface area (Å²) in [7, 11) is 0. The number of nitrogens with one attached hydrogen (secondary N) is 1. The Bertz CT molecular complexity index is 754. The topological polar surface area (TPSA) is 104 Å². The molecule has 0 radical (unpaired) electrons. The molecule has 1 saturated carbocycles. The molecule has 0 bridgehead atoms. The van der Waals surface area contributed by atoms with Gasteiger partial charge in [0.15, 0.2) is 0 Å². The minimum atomic E-state index is 0.0133. The normalized spacial score (nSPS) is 20.6. The van der Waals surface area contributed by atoms with Gasteiger partial charge in [0, 0.05) is 11.7 Å². The monoisotopic (exact) mass is 363 g/mol. The van der Waals surface area contributed by atoms with Crippen molar-refractivity contribution < 1.29 is 4.79 Å². The van der Waals surface area contributed by atoms with E-state index < -0.39 is 0 Å². The highest BCUT2D eigenvalue weighted by atomic mass is 32.2. The second-order valence-electron chi connectivity index (χ2n) is 6.72. The van der Waals surface area contributed by atoms with Crippen LogP contribution < -0.4 is 11.2 Å². The average molecular weight is 363 g/mol. The van der Waals surface area contributed by atoms with Crippen molar-refractivity contribution >= 4 is 17.7 Å². The molecule has 0 aliphatic heterocycles. The molecular weight excluding hydrogens is 338 g/mol. The van der Waals surface area contributed by atoms with Gasteiger partial charge in [0.25, 0.3) is 5.95 Å². The fourth-order valence-electron chi connectivity index (χ4n) is 3.25. The molecule has 1 aliphatic carbocycles. The van der Waals surface area contributed by atoms with E-state index in [0.29, 0.717) is 17.0 Å². The second kappa shape index (κ2) is 7.47. The van der Waals surface area contributed by atoms with Crippen LogP contribution in [-0.4, -0.2) is 42.4 Å². The first-order chi connectivity index (χ1) is 12.0. The van der Waals surface area contributed by atoms with Gasteiger partial charge in [0.1, 0.15) is 0 Å². The van der Waals surface area contributed by atoms with Crippen molar-refractivity contribution in [2.45, 2.75) is 57.7 Å². The molecule has 0 saturated heterocycles. The third-order valence-electron chi connectivity index (χ3n) is 4.64. The lowest BCUT2D eigenvalue weighted by Gasteiger charge is -2.29. The quantitative estimate of drug-likeness (QED) is 0.617. The molecule has 2 aromatic heterocycles. The van der Waals surface area contributed by atoms with E-state index in [1.807, 2.05) is 19.9 Å². The van der Waals surface area contributed by atoms with Crippen LogP contribution in [0.5, 0.6) is 0 Å². The first-order valence-electron chi connectivity index (χ1n) is 8.62. The number of nitrogens with zero attached hydrogens (tertiary/aromatic N) is 5. The molecule has 0 spiro atoms. The molecule has 1 fully saturated rings. The zero-order chi connectivity index (χ0) is 18.0. The number of amides is 1. The van der Waals surface area contributed by atoms with E-state index in [-0.39, 0.29) is 17.7 Å². The molecule has 2 aromatic rings. The van der Waals surface area contributed by atoms with Crippen molar-refractivity contribution in [2.24, 2.45) is 5.92 Å². The number of nitrogen functional groups attached to an aromatic ring is 1. The summed E-state index contributed by atoms with van der Waals surface area (Å²) in [4.78, 5) is 12.2. The van der Waals surface area contributed by atoms with Crippen molar-refractivity contribution in [3.05, 3.63) is 17.5 Å². The summed E-state index contributed by atoms with van der Waals surface area (Å²) < 4.78 is 3.02. The summed E-state index contributed by atoms with van der Waals surface area (Å²) in [5.41, 5.74) is 1.81. The molecule has 25 heavy (non-hydrogen) atoms. The lowest BCUT2D eigenvalue weighted by molar-refractivity contribution is -0.119. The Morgan fingerprint density at radius 2 is 2.12 bits per heavy atom. The average Bonchev–Trinajstić information content (AvgIpc) is 3.09. The van der Waals surface area contributed by atoms with E-state index in [1.54, 1.807) is 4.68 Å². The Morgan fingerprint density at radius 3 is 2.80 bits per heavy atom. The molecule has 3 N–H and O–H groups in total. The molecule has 2 heterocycles. The number of aryl methyl sites for hydroxylation is 2. The number of hydrogen-bond acceptors (Lipinski definition) is 6. The fourth-order valence-corrected chi connectivity index (χ4v) is 3.92. The largest absolute Gasteiger partial charge is 0.352 e. The van der Waals surface area contributed by atoms with E-state index in [9.17, 15) is 4.79 Å². The Morgan fingerprint density at radius 1 is 1.36 bits per heavy atom. The van der Waals surface area contributed by atoms with E-state index in [4.69, 9.17) is 5.84 Å². The number of carbonyl (C=O) groups excluding carboxylic acids is 1. The summed E-state index contributed by atoms with van der Waals surface area (Å²) in [5, 5.41) is 16.2. The number of thioether (sulfide) groups is 1. The third kappa shape index (κ3) is 3.97. The van der Waals surface area contributed by atoms with Crippen molar-refractivity contribution in [1.29, 1.82) is 0 Å². The van der Waals surface area contributed by atoms with Crippen LogP contribution in [0.15, 0.2) is 11.2 Å². The van der Waals surface area contributed by atoms with Crippen LogP contribution in [0.4, 0.5) is 0 Å². The van der Waals surface area contributed by atoms with Gasteiger partial charge in [-0.25, -0.2) is 9.36 Å². The number of rotatable bonds is 5. The SMILES string of the molecule is Cc1cc(C)n(-c2nnc(SCC(=O)N[C@H]3CCCC[C@H]3C)n2N)n1. The Balaban J connectivity index is 1.60. The van der Waals surface area contributed by atoms with E-state index >= 15 is 0 Å². The number of aromatic nitrogens is 5.